The fourth-order valence-electron chi connectivity index (χ4n) is 1.95. The number of hydrogen-bond acceptors (Lipinski definition) is 4. The molecule has 22 heavy (non-hydrogen) atoms. The van der Waals surface area contributed by atoms with Crippen molar-refractivity contribution >= 4 is 33.5 Å². The summed E-state index contributed by atoms with van der Waals surface area (Å²) < 4.78 is 29.4. The summed E-state index contributed by atoms with van der Waals surface area (Å²) in [4.78, 5) is 12.0. The van der Waals surface area contributed by atoms with Crippen LogP contribution in [0.5, 0.6) is 11.5 Å². The van der Waals surface area contributed by atoms with E-state index in [-0.39, 0.29) is 24.0 Å². The summed E-state index contributed by atoms with van der Waals surface area (Å²) in [6, 6.07) is 6.98. The minimum Gasteiger partial charge on any atom is -0.457 e. The van der Waals surface area contributed by atoms with Gasteiger partial charge in [-0.05, 0) is 30.3 Å². The van der Waals surface area contributed by atoms with Gasteiger partial charge in [-0.25, -0.2) is 9.18 Å². The van der Waals surface area contributed by atoms with Gasteiger partial charge < -0.3 is 14.2 Å². The number of rotatable bonds is 3. The first-order valence-electron chi connectivity index (χ1n) is 6.25. The van der Waals surface area contributed by atoms with Gasteiger partial charge in [0.05, 0.1) is 10.6 Å². The molecule has 2 aromatic rings. The number of esters is 1. The lowest BCUT2D eigenvalue weighted by Gasteiger charge is -2.09. The van der Waals surface area contributed by atoms with E-state index in [0.29, 0.717) is 11.5 Å². The van der Waals surface area contributed by atoms with Gasteiger partial charge in [-0.3, -0.25) is 0 Å². The molecule has 114 valence electrons. The number of ether oxygens (including phenoxy) is 3. The highest BCUT2D eigenvalue weighted by molar-refractivity contribution is 9.10. The van der Waals surface area contributed by atoms with Crippen molar-refractivity contribution in [2.45, 2.75) is 6.61 Å². The van der Waals surface area contributed by atoms with E-state index in [9.17, 15) is 9.18 Å². The van der Waals surface area contributed by atoms with Gasteiger partial charge in [0, 0.05) is 10.0 Å². The van der Waals surface area contributed by atoms with Gasteiger partial charge in [-0.15, -0.1) is 0 Å². The third-order valence-corrected chi connectivity index (χ3v) is 4.10. The second-order valence-electron chi connectivity index (χ2n) is 4.50. The molecule has 0 aliphatic carbocycles. The number of carbonyl (C=O) groups excluding carboxylic acids is 1. The largest absolute Gasteiger partial charge is 0.457 e. The zero-order chi connectivity index (χ0) is 15.7. The van der Waals surface area contributed by atoms with E-state index in [4.69, 9.17) is 25.8 Å². The van der Waals surface area contributed by atoms with Crippen LogP contribution in [0.2, 0.25) is 5.02 Å². The maximum atomic E-state index is 13.0. The Morgan fingerprint density at radius 2 is 2.00 bits per heavy atom. The van der Waals surface area contributed by atoms with Gasteiger partial charge >= 0.3 is 5.97 Å². The number of carbonyl (C=O) groups is 1. The van der Waals surface area contributed by atoms with Crippen LogP contribution in [0.25, 0.3) is 0 Å². The molecule has 0 saturated carbocycles. The van der Waals surface area contributed by atoms with Crippen molar-refractivity contribution in [3.8, 4) is 11.5 Å². The fraction of sp³-hybridized carbons (Fsp3) is 0.133. The predicted octanol–water partition coefficient (Wildman–Crippen LogP) is 4.33. The Morgan fingerprint density at radius 1 is 1.27 bits per heavy atom. The second-order valence-corrected chi connectivity index (χ2v) is 5.76. The highest BCUT2D eigenvalue weighted by atomic mass is 79.9. The molecule has 0 fully saturated rings. The summed E-state index contributed by atoms with van der Waals surface area (Å²) in [6.07, 6.45) is 0. The Bertz CT molecular complexity index is 751. The van der Waals surface area contributed by atoms with Gasteiger partial charge in [0.15, 0.2) is 11.5 Å². The van der Waals surface area contributed by atoms with Crippen LogP contribution in [0.3, 0.4) is 0 Å². The quantitative estimate of drug-likeness (QED) is 0.736. The molecular formula is C15H9BrClFO4. The summed E-state index contributed by atoms with van der Waals surface area (Å²) in [5.74, 6) is 0.0761. The van der Waals surface area contributed by atoms with E-state index < -0.39 is 11.8 Å². The van der Waals surface area contributed by atoms with Crippen LogP contribution in [-0.2, 0) is 11.3 Å². The number of benzene rings is 2. The van der Waals surface area contributed by atoms with Crippen molar-refractivity contribution in [3.05, 3.63) is 56.8 Å². The Hall–Kier alpha value is -1.79. The Labute approximate surface area is 138 Å². The van der Waals surface area contributed by atoms with E-state index >= 15 is 0 Å². The monoisotopic (exact) mass is 386 g/mol. The summed E-state index contributed by atoms with van der Waals surface area (Å²) in [5.41, 5.74) is 0.829. The zero-order valence-electron chi connectivity index (χ0n) is 11.1. The molecule has 3 rings (SSSR count). The number of hydrogen-bond donors (Lipinski definition) is 0. The Balaban J connectivity index is 1.74. The van der Waals surface area contributed by atoms with Crippen molar-refractivity contribution in [2.24, 2.45) is 0 Å². The fourth-order valence-corrected chi connectivity index (χ4v) is 2.63. The molecular weight excluding hydrogens is 379 g/mol. The highest BCUT2D eigenvalue weighted by Gasteiger charge is 2.18. The topological polar surface area (TPSA) is 44.8 Å². The average Bonchev–Trinajstić information content (AvgIpc) is 2.91. The van der Waals surface area contributed by atoms with E-state index in [1.807, 2.05) is 0 Å². The van der Waals surface area contributed by atoms with Crippen molar-refractivity contribution < 1.29 is 23.4 Å². The molecule has 1 heterocycles. The summed E-state index contributed by atoms with van der Waals surface area (Å²) in [6.45, 7) is 0.181. The molecule has 4 nitrogen and oxygen atoms in total. The molecule has 0 aromatic heterocycles. The minimum atomic E-state index is -0.630. The third kappa shape index (κ3) is 3.03. The first-order chi connectivity index (χ1) is 10.5. The predicted molar refractivity (Wildman–Crippen MR) is 80.8 cm³/mol. The number of fused-ring (bicyclic) bond motifs is 1. The van der Waals surface area contributed by atoms with Crippen molar-refractivity contribution in [2.75, 3.05) is 6.79 Å². The molecule has 0 unspecified atom stereocenters. The maximum Gasteiger partial charge on any atom is 0.339 e. The lowest BCUT2D eigenvalue weighted by molar-refractivity contribution is 0.0472. The van der Waals surface area contributed by atoms with Crippen LogP contribution >= 0.6 is 27.5 Å². The molecule has 0 N–H and O–H groups in total. The highest BCUT2D eigenvalue weighted by Crippen LogP contribution is 2.37. The molecule has 0 amide bonds. The van der Waals surface area contributed by atoms with Crippen molar-refractivity contribution in [1.29, 1.82) is 0 Å². The first-order valence-corrected chi connectivity index (χ1v) is 7.42. The van der Waals surface area contributed by atoms with Crippen LogP contribution < -0.4 is 9.47 Å². The molecule has 1 aliphatic heterocycles. The van der Waals surface area contributed by atoms with Gasteiger partial charge in [-0.1, -0.05) is 27.5 Å². The van der Waals surface area contributed by atoms with Crippen molar-refractivity contribution in [1.82, 2.24) is 0 Å². The molecule has 0 saturated heterocycles. The molecule has 2 aromatic carbocycles. The lowest BCUT2D eigenvalue weighted by Crippen LogP contribution is -2.06. The van der Waals surface area contributed by atoms with Crippen LogP contribution in [0.15, 0.2) is 34.8 Å². The molecule has 0 spiro atoms. The SMILES string of the molecule is O=C(OCc1cc2c(cc1Br)OCO2)c1ccc(F)cc1Cl. The first kappa shape index (κ1) is 15.1. The molecule has 0 atom stereocenters. The molecule has 1 aliphatic rings. The molecule has 0 radical (unpaired) electrons. The van der Waals surface area contributed by atoms with Crippen molar-refractivity contribution in [3.63, 3.8) is 0 Å². The van der Waals surface area contributed by atoms with Gasteiger partial charge in [-0.2, -0.15) is 0 Å². The van der Waals surface area contributed by atoms with E-state index in [0.717, 1.165) is 22.2 Å². The summed E-state index contributed by atoms with van der Waals surface area (Å²) in [7, 11) is 0. The van der Waals surface area contributed by atoms with Crippen LogP contribution in [0.1, 0.15) is 15.9 Å². The van der Waals surface area contributed by atoms with E-state index in [2.05, 4.69) is 15.9 Å². The van der Waals surface area contributed by atoms with Gasteiger partial charge in [0.2, 0.25) is 6.79 Å². The summed E-state index contributed by atoms with van der Waals surface area (Å²) >= 11 is 9.21. The van der Waals surface area contributed by atoms with Crippen LogP contribution in [0, 0.1) is 5.82 Å². The smallest absolute Gasteiger partial charge is 0.339 e. The van der Waals surface area contributed by atoms with Gasteiger partial charge in [0.1, 0.15) is 12.4 Å². The standard InChI is InChI=1S/C15H9BrClFO4/c16-11-5-14-13(21-7-22-14)3-8(11)6-20-15(19)10-2-1-9(18)4-12(10)17/h1-5H,6-7H2. The van der Waals surface area contributed by atoms with Crippen LogP contribution in [0.4, 0.5) is 4.39 Å². The van der Waals surface area contributed by atoms with E-state index in [1.54, 1.807) is 12.1 Å². The molecule has 0 bridgehead atoms. The lowest BCUT2D eigenvalue weighted by atomic mass is 10.2. The van der Waals surface area contributed by atoms with E-state index in [1.165, 1.54) is 6.07 Å². The average molecular weight is 388 g/mol. The minimum absolute atomic E-state index is 0.00903. The Kier molecular flexibility index (Phi) is 4.22. The normalized spacial score (nSPS) is 12.3. The van der Waals surface area contributed by atoms with Crippen LogP contribution in [-0.4, -0.2) is 12.8 Å². The third-order valence-electron chi connectivity index (χ3n) is 3.05. The second kappa shape index (κ2) is 6.14. The Morgan fingerprint density at radius 3 is 2.73 bits per heavy atom. The maximum absolute atomic E-state index is 13.0. The van der Waals surface area contributed by atoms with Gasteiger partial charge in [0.25, 0.3) is 0 Å². The summed E-state index contributed by atoms with van der Waals surface area (Å²) in [5, 5.41) is 0.00903. The number of halogens is 3. The zero-order valence-corrected chi connectivity index (χ0v) is 13.4. The molecule has 7 heteroatoms.